The highest BCUT2D eigenvalue weighted by Crippen LogP contribution is 2.45. The molecule has 582 valence electrons. The van der Waals surface area contributed by atoms with E-state index in [4.69, 9.17) is 37.0 Å². The van der Waals surface area contributed by atoms with Crippen molar-refractivity contribution in [3.63, 3.8) is 0 Å². The molecule has 0 aromatic heterocycles. The molecule has 5 atom stereocenters. The van der Waals surface area contributed by atoms with E-state index in [1.54, 1.807) is 0 Å². The fourth-order valence-corrected chi connectivity index (χ4v) is 13.9. The molecular weight excluding hydrogens is 1280 g/mol. The zero-order valence-corrected chi connectivity index (χ0v) is 65.6. The molecule has 3 N–H and O–H groups in total. The van der Waals surface area contributed by atoms with Gasteiger partial charge in [-0.05, 0) is 25.7 Å². The number of phosphoric ester groups is 2. The fraction of sp³-hybridized carbons (Fsp3) is 0.949. The monoisotopic (exact) mass is 1440 g/mol. The molecule has 0 fully saturated rings. The van der Waals surface area contributed by atoms with E-state index in [0.717, 1.165) is 103 Å². The van der Waals surface area contributed by atoms with E-state index in [9.17, 15) is 43.2 Å². The number of rotatable bonds is 80. The summed E-state index contributed by atoms with van der Waals surface area (Å²) in [5.41, 5.74) is 0. The van der Waals surface area contributed by atoms with Gasteiger partial charge in [0.25, 0.3) is 0 Å². The van der Waals surface area contributed by atoms with Crippen LogP contribution in [0.3, 0.4) is 0 Å². The number of carbonyl (C=O) groups is 4. The average molecular weight is 1440 g/mol. The molecule has 0 spiro atoms. The van der Waals surface area contributed by atoms with E-state index in [1.165, 1.54) is 244 Å². The van der Waals surface area contributed by atoms with Crippen molar-refractivity contribution in [2.45, 2.75) is 444 Å². The molecule has 0 aromatic carbocycles. The van der Waals surface area contributed by atoms with Crippen LogP contribution in [0.5, 0.6) is 0 Å². The Morgan fingerprint density at radius 2 is 0.408 bits per heavy atom. The van der Waals surface area contributed by atoms with Gasteiger partial charge >= 0.3 is 39.5 Å². The molecular formula is C79H154O17P2. The van der Waals surface area contributed by atoms with Crippen molar-refractivity contribution in [1.82, 2.24) is 0 Å². The van der Waals surface area contributed by atoms with Gasteiger partial charge in [0.1, 0.15) is 19.3 Å². The van der Waals surface area contributed by atoms with Gasteiger partial charge in [0.2, 0.25) is 0 Å². The van der Waals surface area contributed by atoms with Gasteiger partial charge in [0.15, 0.2) is 12.2 Å². The summed E-state index contributed by atoms with van der Waals surface area (Å²) in [7, 11) is -9.91. The number of unbranched alkanes of at least 4 members (excludes halogenated alkanes) is 54. The summed E-state index contributed by atoms with van der Waals surface area (Å²) in [6.07, 6.45) is 65.3. The molecule has 98 heavy (non-hydrogen) atoms. The third kappa shape index (κ3) is 72.4. The predicted molar refractivity (Wildman–Crippen MR) is 400 cm³/mol. The normalized spacial score (nSPS) is 13.8. The van der Waals surface area contributed by atoms with Crippen molar-refractivity contribution < 1.29 is 80.2 Å². The molecule has 0 aliphatic carbocycles. The maximum atomic E-state index is 13.1. The summed E-state index contributed by atoms with van der Waals surface area (Å²) in [4.78, 5) is 72.8. The van der Waals surface area contributed by atoms with E-state index in [2.05, 4.69) is 27.7 Å². The van der Waals surface area contributed by atoms with Crippen LogP contribution in [0.4, 0.5) is 0 Å². The third-order valence-corrected chi connectivity index (χ3v) is 20.5. The molecule has 0 bridgehead atoms. The van der Waals surface area contributed by atoms with Crippen molar-refractivity contribution in [3.05, 3.63) is 0 Å². The summed E-state index contributed by atoms with van der Waals surface area (Å²) in [6, 6.07) is 0. The maximum absolute atomic E-state index is 13.1. The van der Waals surface area contributed by atoms with Gasteiger partial charge < -0.3 is 33.8 Å². The Bertz CT molecular complexity index is 1860. The molecule has 0 heterocycles. The van der Waals surface area contributed by atoms with Crippen molar-refractivity contribution in [2.75, 3.05) is 39.6 Å². The fourth-order valence-electron chi connectivity index (χ4n) is 12.3. The van der Waals surface area contributed by atoms with Crippen molar-refractivity contribution in [2.24, 2.45) is 0 Å². The van der Waals surface area contributed by atoms with E-state index >= 15 is 0 Å². The highest BCUT2D eigenvalue weighted by Gasteiger charge is 2.30. The van der Waals surface area contributed by atoms with E-state index < -0.39 is 97.5 Å². The Balaban J connectivity index is 5.18. The van der Waals surface area contributed by atoms with Crippen LogP contribution in [0.15, 0.2) is 0 Å². The van der Waals surface area contributed by atoms with E-state index in [0.29, 0.717) is 25.7 Å². The summed E-state index contributed by atoms with van der Waals surface area (Å²) < 4.78 is 68.6. The van der Waals surface area contributed by atoms with E-state index in [1.807, 2.05) is 0 Å². The van der Waals surface area contributed by atoms with Crippen LogP contribution in [-0.2, 0) is 65.4 Å². The molecule has 19 heteroatoms. The minimum atomic E-state index is -4.96. The predicted octanol–water partition coefficient (Wildman–Crippen LogP) is 23.8. The lowest BCUT2D eigenvalue weighted by Gasteiger charge is -2.21. The summed E-state index contributed by atoms with van der Waals surface area (Å²) in [5.74, 6) is -2.11. The van der Waals surface area contributed by atoms with Crippen LogP contribution in [-0.4, -0.2) is 96.7 Å². The Kier molecular flexibility index (Phi) is 71.9. The zero-order valence-electron chi connectivity index (χ0n) is 63.8. The lowest BCUT2D eigenvalue weighted by atomic mass is 10.0. The van der Waals surface area contributed by atoms with Crippen molar-refractivity contribution in [3.8, 4) is 0 Å². The van der Waals surface area contributed by atoms with Gasteiger partial charge in [-0.2, -0.15) is 0 Å². The molecule has 0 aromatic rings. The number of ether oxygens (including phenoxy) is 4. The quantitative estimate of drug-likeness (QED) is 0.0222. The van der Waals surface area contributed by atoms with Gasteiger partial charge in [0.05, 0.1) is 26.4 Å². The van der Waals surface area contributed by atoms with Gasteiger partial charge in [-0.15, -0.1) is 0 Å². The first kappa shape index (κ1) is 96.1. The molecule has 0 saturated heterocycles. The van der Waals surface area contributed by atoms with Crippen LogP contribution >= 0.6 is 15.6 Å². The smallest absolute Gasteiger partial charge is 0.462 e. The van der Waals surface area contributed by atoms with Crippen molar-refractivity contribution in [1.29, 1.82) is 0 Å². The maximum Gasteiger partial charge on any atom is 0.472 e. The van der Waals surface area contributed by atoms with Crippen LogP contribution < -0.4 is 0 Å². The molecule has 0 aliphatic heterocycles. The van der Waals surface area contributed by atoms with Crippen LogP contribution in [0.25, 0.3) is 0 Å². The highest BCUT2D eigenvalue weighted by molar-refractivity contribution is 7.47. The molecule has 0 rings (SSSR count). The number of aliphatic hydroxyl groups excluding tert-OH is 1. The molecule has 0 saturated carbocycles. The second kappa shape index (κ2) is 73.4. The molecule has 0 amide bonds. The van der Waals surface area contributed by atoms with E-state index in [-0.39, 0.29) is 25.7 Å². The first-order valence-corrected chi connectivity index (χ1v) is 44.3. The van der Waals surface area contributed by atoms with Crippen molar-refractivity contribution >= 4 is 39.5 Å². The molecule has 2 unspecified atom stereocenters. The van der Waals surface area contributed by atoms with Crippen LogP contribution in [0.2, 0.25) is 0 Å². The summed E-state index contributed by atoms with van der Waals surface area (Å²) in [6.45, 7) is 4.98. The largest absolute Gasteiger partial charge is 0.472 e. The minimum absolute atomic E-state index is 0.109. The Morgan fingerprint density at radius 1 is 0.245 bits per heavy atom. The second-order valence-corrected chi connectivity index (χ2v) is 31.4. The van der Waals surface area contributed by atoms with Gasteiger partial charge in [0, 0.05) is 25.7 Å². The summed E-state index contributed by atoms with van der Waals surface area (Å²) in [5, 5.41) is 10.6. The van der Waals surface area contributed by atoms with Gasteiger partial charge in [-0.1, -0.05) is 374 Å². The Labute approximate surface area is 600 Å². The Hall–Kier alpha value is -1.94. The SMILES string of the molecule is CCCCCCCCCCCCCCCCCCCCC(=O)O[C@H](COC(=O)CCCCCCCCCCCCCCCCCCC)COP(=O)(O)OC[C@@H](O)COP(=O)(O)OC[C@@H](COC(=O)CCCCCCCCC)OC(=O)CCCCCCCCCCCCCCCCCC. The highest BCUT2D eigenvalue weighted by atomic mass is 31.2. The lowest BCUT2D eigenvalue weighted by molar-refractivity contribution is -0.161. The number of carbonyl (C=O) groups excluding carboxylic acids is 4. The third-order valence-electron chi connectivity index (χ3n) is 18.6. The number of esters is 4. The Morgan fingerprint density at radius 3 is 0.602 bits per heavy atom. The average Bonchev–Trinajstić information content (AvgIpc) is 0.971. The first-order chi connectivity index (χ1) is 47.7. The standard InChI is InChI=1S/C79H154O17P2/c1-5-9-13-17-21-24-27-30-33-36-38-41-44-47-50-54-58-62-66-79(84)96-75(70-90-77(82)64-60-56-52-48-45-42-40-37-34-31-28-25-22-18-14-10-6-2)72-94-98(87,88)92-68-73(80)67-91-97(85,86)93-71-74(69-89-76(81)63-59-55-51-20-16-12-8-4)95-78(83)65-61-57-53-49-46-43-39-35-32-29-26-23-19-15-11-7-3/h73-75,80H,5-72H2,1-4H3,(H,85,86)(H,87,88)/t73-,74+,75+/m0/s1. The van der Waals surface area contributed by atoms with Crippen LogP contribution in [0.1, 0.15) is 426 Å². The molecule has 17 nitrogen and oxygen atoms in total. The minimum Gasteiger partial charge on any atom is -0.462 e. The number of hydrogen-bond acceptors (Lipinski definition) is 15. The topological polar surface area (TPSA) is 237 Å². The van der Waals surface area contributed by atoms with Gasteiger partial charge in [-0.3, -0.25) is 37.3 Å². The number of aliphatic hydroxyl groups is 1. The lowest BCUT2D eigenvalue weighted by Crippen LogP contribution is -2.30. The zero-order chi connectivity index (χ0) is 71.8. The first-order valence-electron chi connectivity index (χ1n) is 41.3. The molecule has 0 radical (unpaired) electrons. The molecule has 0 aliphatic rings. The summed E-state index contributed by atoms with van der Waals surface area (Å²) >= 11 is 0. The number of hydrogen-bond donors (Lipinski definition) is 3. The number of phosphoric acid groups is 2. The van der Waals surface area contributed by atoms with Gasteiger partial charge in [-0.25, -0.2) is 9.13 Å². The second-order valence-electron chi connectivity index (χ2n) is 28.5. The van der Waals surface area contributed by atoms with Crippen LogP contribution in [0, 0.1) is 0 Å².